The molecule has 1 fully saturated rings. The molecule has 1 aliphatic rings. The molecule has 0 radical (unpaired) electrons. The number of benzene rings is 1. The number of anilines is 2. The summed E-state index contributed by atoms with van der Waals surface area (Å²) in [5, 5.41) is 3.07. The van der Waals surface area contributed by atoms with Crippen molar-refractivity contribution in [2.24, 2.45) is 0 Å². The molecule has 0 spiro atoms. The van der Waals surface area contributed by atoms with Gasteiger partial charge in [-0.3, -0.25) is 0 Å². The lowest BCUT2D eigenvalue weighted by molar-refractivity contribution is 0.152. The Hall–Kier alpha value is -1.41. The molecular weight excluding hydrogens is 300 g/mol. The fraction of sp³-hybridized carbons (Fsp3) is 0.538. The largest absolute Gasteiger partial charge is 0.399 e. The molecule has 0 amide bonds. The Morgan fingerprint density at radius 2 is 1.95 bits per heavy atom. The number of nitrogens with zero attached hydrogens (tertiary/aromatic N) is 1. The number of piperidine rings is 1. The summed E-state index contributed by atoms with van der Waals surface area (Å²) in [5.41, 5.74) is 6.06. The van der Waals surface area contributed by atoms with Crippen molar-refractivity contribution < 1.29 is 17.2 Å². The van der Waals surface area contributed by atoms with E-state index in [1.165, 1.54) is 16.6 Å². The summed E-state index contributed by atoms with van der Waals surface area (Å²) >= 11 is 0. The van der Waals surface area contributed by atoms with E-state index in [-0.39, 0.29) is 11.6 Å². The highest BCUT2D eigenvalue weighted by Crippen LogP contribution is 2.30. The van der Waals surface area contributed by atoms with Gasteiger partial charge in [0.15, 0.2) is 0 Å². The van der Waals surface area contributed by atoms with Gasteiger partial charge in [0.05, 0.1) is 6.26 Å². The van der Waals surface area contributed by atoms with Gasteiger partial charge in [0, 0.05) is 36.1 Å². The van der Waals surface area contributed by atoms with Crippen LogP contribution >= 0.6 is 0 Å². The third kappa shape index (κ3) is 4.04. The minimum Gasteiger partial charge on any atom is -0.399 e. The molecule has 21 heavy (non-hydrogen) atoms. The normalized spacial score (nSPS) is 18.1. The smallest absolute Gasteiger partial charge is 0.265 e. The van der Waals surface area contributed by atoms with Crippen LogP contribution in [-0.4, -0.2) is 38.1 Å². The summed E-state index contributed by atoms with van der Waals surface area (Å²) in [4.78, 5) is 0. The predicted octanol–water partition coefficient (Wildman–Crippen LogP) is 2.04. The Balaban J connectivity index is 2.04. The van der Waals surface area contributed by atoms with Crippen molar-refractivity contribution in [1.29, 1.82) is 0 Å². The molecule has 8 heteroatoms. The highest BCUT2D eigenvalue weighted by Gasteiger charge is 2.25. The number of nitrogens with one attached hydrogen (secondary N) is 1. The summed E-state index contributed by atoms with van der Waals surface area (Å²) < 4.78 is 50.2. The van der Waals surface area contributed by atoms with Crippen molar-refractivity contribution in [3.63, 3.8) is 0 Å². The number of nitrogens with two attached hydrogens (primary N) is 1. The maximum atomic E-state index is 13.0. The molecule has 0 atom stereocenters. The SMILES string of the molecule is CS(=O)(=O)N1CCC(Nc2ccc(N)cc2C(F)F)CC1. The van der Waals surface area contributed by atoms with E-state index >= 15 is 0 Å². The van der Waals surface area contributed by atoms with Crippen LogP contribution in [0.1, 0.15) is 24.8 Å². The Morgan fingerprint density at radius 1 is 1.33 bits per heavy atom. The van der Waals surface area contributed by atoms with E-state index in [9.17, 15) is 17.2 Å². The third-order valence-corrected chi connectivity index (χ3v) is 4.90. The van der Waals surface area contributed by atoms with Crippen molar-refractivity contribution >= 4 is 21.4 Å². The molecule has 0 saturated carbocycles. The Kier molecular flexibility index (Phi) is 4.67. The first-order valence-electron chi connectivity index (χ1n) is 6.66. The van der Waals surface area contributed by atoms with Gasteiger partial charge in [-0.15, -0.1) is 0 Å². The number of sulfonamides is 1. The summed E-state index contributed by atoms with van der Waals surface area (Å²) in [6.07, 6.45) is -0.261. The maximum Gasteiger partial charge on any atom is 0.265 e. The van der Waals surface area contributed by atoms with Gasteiger partial charge < -0.3 is 11.1 Å². The van der Waals surface area contributed by atoms with Crippen LogP contribution in [0.15, 0.2) is 18.2 Å². The zero-order valence-electron chi connectivity index (χ0n) is 11.7. The number of halogens is 2. The number of hydrogen-bond acceptors (Lipinski definition) is 4. The first-order chi connectivity index (χ1) is 9.77. The number of nitrogen functional groups attached to an aromatic ring is 1. The van der Waals surface area contributed by atoms with Crippen LogP contribution in [0.3, 0.4) is 0 Å². The summed E-state index contributed by atoms with van der Waals surface area (Å²) in [7, 11) is -3.18. The second kappa shape index (κ2) is 6.15. The van der Waals surface area contributed by atoms with E-state index in [1.54, 1.807) is 12.1 Å². The molecule has 1 saturated heterocycles. The van der Waals surface area contributed by atoms with E-state index < -0.39 is 16.4 Å². The van der Waals surface area contributed by atoms with Crippen LogP contribution in [0, 0.1) is 0 Å². The van der Waals surface area contributed by atoms with Crippen molar-refractivity contribution in [2.75, 3.05) is 30.4 Å². The van der Waals surface area contributed by atoms with E-state index in [4.69, 9.17) is 5.73 Å². The van der Waals surface area contributed by atoms with Gasteiger partial charge in [-0.1, -0.05) is 0 Å². The first kappa shape index (κ1) is 16.0. The molecule has 1 heterocycles. The average molecular weight is 319 g/mol. The van der Waals surface area contributed by atoms with Gasteiger partial charge in [0.1, 0.15) is 0 Å². The van der Waals surface area contributed by atoms with Gasteiger partial charge in [-0.2, -0.15) is 0 Å². The number of rotatable bonds is 4. The molecule has 2 rings (SSSR count). The minimum absolute atomic E-state index is 0.0240. The summed E-state index contributed by atoms with van der Waals surface area (Å²) in [5.74, 6) is 0. The average Bonchev–Trinajstić information content (AvgIpc) is 2.40. The lowest BCUT2D eigenvalue weighted by Gasteiger charge is -2.31. The summed E-state index contributed by atoms with van der Waals surface area (Å²) in [6, 6.07) is 4.35. The van der Waals surface area contributed by atoms with Gasteiger partial charge in [-0.05, 0) is 31.0 Å². The topological polar surface area (TPSA) is 75.4 Å². The Morgan fingerprint density at radius 3 is 2.48 bits per heavy atom. The van der Waals surface area contributed by atoms with Crippen LogP contribution in [0.5, 0.6) is 0 Å². The van der Waals surface area contributed by atoms with Crippen LogP contribution in [0.2, 0.25) is 0 Å². The molecule has 0 aliphatic carbocycles. The molecule has 1 aromatic carbocycles. The van der Waals surface area contributed by atoms with Crippen LogP contribution in [-0.2, 0) is 10.0 Å². The summed E-state index contributed by atoms with van der Waals surface area (Å²) in [6.45, 7) is 0.797. The minimum atomic E-state index is -3.18. The molecule has 0 aromatic heterocycles. The second-order valence-corrected chi connectivity index (χ2v) is 7.21. The van der Waals surface area contributed by atoms with Gasteiger partial charge in [0.25, 0.3) is 6.43 Å². The monoisotopic (exact) mass is 319 g/mol. The fourth-order valence-electron chi connectivity index (χ4n) is 2.44. The molecule has 5 nitrogen and oxygen atoms in total. The van der Waals surface area contributed by atoms with Crippen molar-refractivity contribution in [2.45, 2.75) is 25.3 Å². The molecule has 3 N–H and O–H groups in total. The quantitative estimate of drug-likeness (QED) is 0.833. The zero-order valence-corrected chi connectivity index (χ0v) is 12.5. The lowest BCUT2D eigenvalue weighted by atomic mass is 10.0. The molecule has 0 bridgehead atoms. The number of alkyl halides is 2. The Bertz CT molecular complexity index is 599. The number of hydrogen-bond donors (Lipinski definition) is 2. The van der Waals surface area contributed by atoms with Crippen LogP contribution in [0.4, 0.5) is 20.2 Å². The van der Waals surface area contributed by atoms with Crippen molar-refractivity contribution in [1.82, 2.24) is 4.31 Å². The van der Waals surface area contributed by atoms with Gasteiger partial charge >= 0.3 is 0 Å². The second-order valence-electron chi connectivity index (χ2n) is 5.23. The molecule has 0 unspecified atom stereocenters. The highest BCUT2D eigenvalue weighted by molar-refractivity contribution is 7.88. The van der Waals surface area contributed by atoms with E-state index in [2.05, 4.69) is 5.32 Å². The molecule has 118 valence electrons. The zero-order chi connectivity index (χ0) is 15.6. The molecular formula is C13H19F2N3O2S. The van der Waals surface area contributed by atoms with E-state index in [1.807, 2.05) is 0 Å². The van der Waals surface area contributed by atoms with Crippen molar-refractivity contribution in [3.8, 4) is 0 Å². The standard InChI is InChI=1S/C13H19F2N3O2S/c1-21(19,20)18-6-4-10(5-7-18)17-12-3-2-9(16)8-11(12)13(14)15/h2-3,8,10,13,17H,4-7,16H2,1H3. The van der Waals surface area contributed by atoms with Gasteiger partial charge in [0.2, 0.25) is 10.0 Å². The van der Waals surface area contributed by atoms with E-state index in [0.717, 1.165) is 0 Å². The Labute approximate surface area is 123 Å². The van der Waals surface area contributed by atoms with Crippen molar-refractivity contribution in [3.05, 3.63) is 23.8 Å². The molecule has 1 aliphatic heterocycles. The predicted molar refractivity (Wildman–Crippen MR) is 78.9 cm³/mol. The first-order valence-corrected chi connectivity index (χ1v) is 8.51. The van der Waals surface area contributed by atoms with Crippen LogP contribution in [0.25, 0.3) is 0 Å². The lowest BCUT2D eigenvalue weighted by Crippen LogP contribution is -2.41. The maximum absolute atomic E-state index is 13.0. The van der Waals surface area contributed by atoms with E-state index in [0.29, 0.717) is 37.3 Å². The van der Waals surface area contributed by atoms with Crippen LogP contribution < -0.4 is 11.1 Å². The van der Waals surface area contributed by atoms with Gasteiger partial charge in [-0.25, -0.2) is 21.5 Å². The highest BCUT2D eigenvalue weighted by atomic mass is 32.2. The molecule has 1 aromatic rings. The fourth-order valence-corrected chi connectivity index (χ4v) is 3.32. The third-order valence-electron chi connectivity index (χ3n) is 3.59.